The predicted molar refractivity (Wildman–Crippen MR) is 57.8 cm³/mol. The van der Waals surface area contributed by atoms with Crippen LogP contribution in [-0.4, -0.2) is 10.9 Å². The highest BCUT2D eigenvalue weighted by Crippen LogP contribution is 2.15. The van der Waals surface area contributed by atoms with E-state index in [1.165, 1.54) is 0 Å². The van der Waals surface area contributed by atoms with E-state index in [0.29, 0.717) is 11.7 Å². The largest absolute Gasteiger partial charge is 0.383 e. The van der Waals surface area contributed by atoms with Gasteiger partial charge in [-0.05, 0) is 25.0 Å². The molecule has 0 amide bonds. The number of aryl methyl sites for hydroxylation is 1. The van der Waals surface area contributed by atoms with Gasteiger partial charge < -0.3 is 5.73 Å². The SMILES string of the molecule is Cc1ccnc(N)c1C=CCCCl. The maximum atomic E-state index is 5.71. The molecule has 0 spiro atoms. The number of hydrogen-bond donors (Lipinski definition) is 1. The Morgan fingerprint density at radius 2 is 2.38 bits per heavy atom. The quantitative estimate of drug-likeness (QED) is 0.755. The van der Waals surface area contributed by atoms with Crippen molar-refractivity contribution in [1.29, 1.82) is 0 Å². The summed E-state index contributed by atoms with van der Waals surface area (Å²) in [6, 6.07) is 1.94. The van der Waals surface area contributed by atoms with E-state index >= 15 is 0 Å². The minimum atomic E-state index is 0.575. The molecule has 2 nitrogen and oxygen atoms in total. The van der Waals surface area contributed by atoms with Gasteiger partial charge in [-0.25, -0.2) is 4.98 Å². The Morgan fingerprint density at radius 1 is 1.62 bits per heavy atom. The lowest BCUT2D eigenvalue weighted by Gasteiger charge is -2.02. The van der Waals surface area contributed by atoms with Gasteiger partial charge in [0.05, 0.1) is 0 Å². The number of nitrogens with two attached hydrogens (primary N) is 1. The molecule has 0 fully saturated rings. The fourth-order valence-electron chi connectivity index (χ4n) is 1.07. The van der Waals surface area contributed by atoms with Crippen molar-refractivity contribution in [3.05, 3.63) is 29.5 Å². The Bertz CT molecular complexity index is 288. The number of rotatable bonds is 3. The van der Waals surface area contributed by atoms with Crippen LogP contribution in [0.4, 0.5) is 5.82 Å². The minimum absolute atomic E-state index is 0.575. The smallest absolute Gasteiger partial charge is 0.130 e. The van der Waals surface area contributed by atoms with Crippen LogP contribution in [0.15, 0.2) is 18.3 Å². The van der Waals surface area contributed by atoms with Crippen LogP contribution in [-0.2, 0) is 0 Å². The predicted octanol–water partition coefficient (Wildman–Crippen LogP) is 2.61. The first-order valence-corrected chi connectivity index (χ1v) is 4.72. The third kappa shape index (κ3) is 2.74. The zero-order valence-corrected chi connectivity index (χ0v) is 8.38. The highest BCUT2D eigenvalue weighted by Gasteiger charge is 1.98. The summed E-state index contributed by atoms with van der Waals surface area (Å²) in [5.41, 5.74) is 7.84. The van der Waals surface area contributed by atoms with Crippen molar-refractivity contribution in [2.45, 2.75) is 13.3 Å². The molecule has 3 heteroatoms. The van der Waals surface area contributed by atoms with Crippen LogP contribution in [0.25, 0.3) is 6.08 Å². The molecular formula is C10H13ClN2. The third-order valence-corrected chi connectivity index (χ3v) is 2.02. The maximum absolute atomic E-state index is 5.71. The number of anilines is 1. The molecule has 0 saturated heterocycles. The molecule has 0 unspecified atom stereocenters. The van der Waals surface area contributed by atoms with Gasteiger partial charge in [0, 0.05) is 17.6 Å². The highest BCUT2D eigenvalue weighted by atomic mass is 35.5. The van der Waals surface area contributed by atoms with E-state index < -0.39 is 0 Å². The van der Waals surface area contributed by atoms with E-state index in [2.05, 4.69) is 4.98 Å². The van der Waals surface area contributed by atoms with Gasteiger partial charge in [-0.1, -0.05) is 12.2 Å². The summed E-state index contributed by atoms with van der Waals surface area (Å²) in [5, 5.41) is 0. The summed E-state index contributed by atoms with van der Waals surface area (Å²) in [6.45, 7) is 2.01. The lowest BCUT2D eigenvalue weighted by molar-refractivity contribution is 1.23. The Hall–Kier alpha value is -1.02. The van der Waals surface area contributed by atoms with Crippen molar-refractivity contribution in [2.24, 2.45) is 0 Å². The lowest BCUT2D eigenvalue weighted by Crippen LogP contribution is -1.95. The second-order valence-electron chi connectivity index (χ2n) is 2.81. The van der Waals surface area contributed by atoms with Gasteiger partial charge in [-0.3, -0.25) is 0 Å². The first-order valence-electron chi connectivity index (χ1n) is 4.19. The topological polar surface area (TPSA) is 38.9 Å². The average molecular weight is 197 g/mol. The molecule has 1 aromatic rings. The molecule has 0 saturated carbocycles. The first kappa shape index (κ1) is 10.1. The number of hydrogen-bond acceptors (Lipinski definition) is 2. The normalized spacial score (nSPS) is 10.9. The number of halogens is 1. The molecule has 2 N–H and O–H groups in total. The van der Waals surface area contributed by atoms with Crippen molar-refractivity contribution in [3.8, 4) is 0 Å². The van der Waals surface area contributed by atoms with Gasteiger partial charge in [0.15, 0.2) is 0 Å². The van der Waals surface area contributed by atoms with E-state index in [4.69, 9.17) is 17.3 Å². The molecule has 1 heterocycles. The van der Waals surface area contributed by atoms with Crippen molar-refractivity contribution < 1.29 is 0 Å². The van der Waals surface area contributed by atoms with Crippen molar-refractivity contribution in [3.63, 3.8) is 0 Å². The Kier molecular flexibility index (Phi) is 3.77. The maximum Gasteiger partial charge on any atom is 0.130 e. The van der Waals surface area contributed by atoms with Gasteiger partial charge in [0.2, 0.25) is 0 Å². The van der Waals surface area contributed by atoms with Crippen molar-refractivity contribution in [1.82, 2.24) is 4.98 Å². The van der Waals surface area contributed by atoms with E-state index in [1.807, 2.05) is 25.1 Å². The summed E-state index contributed by atoms with van der Waals surface area (Å²) >= 11 is 5.55. The second kappa shape index (κ2) is 4.87. The van der Waals surface area contributed by atoms with Crippen LogP contribution in [0.3, 0.4) is 0 Å². The van der Waals surface area contributed by atoms with Crippen LogP contribution in [0.5, 0.6) is 0 Å². The summed E-state index contributed by atoms with van der Waals surface area (Å²) in [7, 11) is 0. The molecule has 1 rings (SSSR count). The van der Waals surface area contributed by atoms with Gasteiger partial charge in [0.1, 0.15) is 5.82 Å². The Morgan fingerprint density at radius 3 is 3.00 bits per heavy atom. The van der Waals surface area contributed by atoms with Crippen LogP contribution >= 0.6 is 11.6 Å². The standard InChI is InChI=1S/C10H13ClN2/c1-8-5-7-13-10(12)9(8)4-2-3-6-11/h2,4-5,7H,3,6H2,1H3,(H2,12,13). The van der Waals surface area contributed by atoms with Gasteiger partial charge in [0.25, 0.3) is 0 Å². The molecule has 0 radical (unpaired) electrons. The van der Waals surface area contributed by atoms with Gasteiger partial charge in [-0.15, -0.1) is 11.6 Å². The number of nitrogens with zero attached hydrogens (tertiary/aromatic N) is 1. The molecule has 0 aliphatic rings. The number of pyridine rings is 1. The summed E-state index contributed by atoms with van der Waals surface area (Å²) < 4.78 is 0. The van der Waals surface area contributed by atoms with E-state index in [1.54, 1.807) is 6.20 Å². The molecule has 0 atom stereocenters. The van der Waals surface area contributed by atoms with Crippen LogP contribution < -0.4 is 5.73 Å². The summed E-state index contributed by atoms with van der Waals surface area (Å²) in [6.07, 6.45) is 6.55. The van der Waals surface area contributed by atoms with Crippen molar-refractivity contribution >= 4 is 23.5 Å². The van der Waals surface area contributed by atoms with E-state index in [0.717, 1.165) is 17.5 Å². The first-order chi connectivity index (χ1) is 6.25. The fourth-order valence-corrected chi connectivity index (χ4v) is 1.20. The minimum Gasteiger partial charge on any atom is -0.383 e. The molecule has 0 aliphatic carbocycles. The zero-order valence-electron chi connectivity index (χ0n) is 7.63. The fraction of sp³-hybridized carbons (Fsp3) is 0.300. The molecular weight excluding hydrogens is 184 g/mol. The number of nitrogen functional groups attached to an aromatic ring is 1. The Balaban J connectivity index is 2.87. The van der Waals surface area contributed by atoms with Crippen LogP contribution in [0.2, 0.25) is 0 Å². The molecule has 70 valence electrons. The Labute approximate surface area is 83.4 Å². The summed E-state index contributed by atoms with van der Waals surface area (Å²) in [5.74, 6) is 1.21. The number of aromatic nitrogens is 1. The lowest BCUT2D eigenvalue weighted by atomic mass is 10.1. The van der Waals surface area contributed by atoms with E-state index in [9.17, 15) is 0 Å². The third-order valence-electron chi connectivity index (χ3n) is 1.80. The molecule has 1 aromatic heterocycles. The van der Waals surface area contributed by atoms with Crippen LogP contribution in [0, 0.1) is 6.92 Å². The molecule has 0 aliphatic heterocycles. The monoisotopic (exact) mass is 196 g/mol. The van der Waals surface area contributed by atoms with Crippen LogP contribution in [0.1, 0.15) is 17.5 Å². The molecule has 13 heavy (non-hydrogen) atoms. The highest BCUT2D eigenvalue weighted by molar-refractivity contribution is 6.17. The number of alkyl halides is 1. The average Bonchev–Trinajstić information content (AvgIpc) is 2.10. The molecule has 0 aromatic carbocycles. The second-order valence-corrected chi connectivity index (χ2v) is 3.18. The van der Waals surface area contributed by atoms with Gasteiger partial charge in [-0.2, -0.15) is 0 Å². The molecule has 0 bridgehead atoms. The van der Waals surface area contributed by atoms with E-state index in [-0.39, 0.29) is 0 Å². The number of allylic oxidation sites excluding steroid dienone is 1. The van der Waals surface area contributed by atoms with Crippen molar-refractivity contribution in [2.75, 3.05) is 11.6 Å². The van der Waals surface area contributed by atoms with Gasteiger partial charge >= 0.3 is 0 Å². The zero-order chi connectivity index (χ0) is 9.68. The summed E-state index contributed by atoms with van der Waals surface area (Å²) in [4.78, 5) is 4.01.